The Bertz CT molecular complexity index is 837. The maximum atomic E-state index is 12.6. The number of anilines is 2. The van der Waals surface area contributed by atoms with E-state index in [-0.39, 0.29) is 11.9 Å². The van der Waals surface area contributed by atoms with Gasteiger partial charge in [0.2, 0.25) is 5.91 Å². The van der Waals surface area contributed by atoms with E-state index in [1.54, 1.807) is 17.5 Å². The van der Waals surface area contributed by atoms with Crippen molar-refractivity contribution in [2.24, 2.45) is 0 Å². The summed E-state index contributed by atoms with van der Waals surface area (Å²) in [6.07, 6.45) is 1.71. The highest BCUT2D eigenvalue weighted by atomic mass is 32.1. The van der Waals surface area contributed by atoms with E-state index in [1.807, 2.05) is 22.2 Å². The molecule has 136 valence electrons. The lowest BCUT2D eigenvalue weighted by atomic mass is 10.2. The minimum absolute atomic E-state index is 0.0489. The molecule has 1 aromatic carbocycles. The summed E-state index contributed by atoms with van der Waals surface area (Å²) >= 11 is 1.68. The molecule has 0 atom stereocenters. The second kappa shape index (κ2) is 8.19. The summed E-state index contributed by atoms with van der Waals surface area (Å²) in [7, 11) is 0. The van der Waals surface area contributed by atoms with Crippen molar-refractivity contribution in [1.82, 2.24) is 9.78 Å². The third-order valence-electron chi connectivity index (χ3n) is 4.17. The highest BCUT2D eigenvalue weighted by Crippen LogP contribution is 2.18. The zero-order valence-corrected chi connectivity index (χ0v) is 16.2. The lowest BCUT2D eigenvalue weighted by Crippen LogP contribution is -2.38. The minimum atomic E-state index is -0.0489. The molecular weight excluding hydrogens is 344 g/mol. The standard InChI is InChI=1S/C20H24N4OS/c1-15(2)23(17-8-6-16(3)7-9-17)14-20(25)22-19-10-11-21-24(19)13-18-5-4-12-26-18/h4-12,15H,13-14H2,1-3H3,(H,22,25). The first-order valence-corrected chi connectivity index (χ1v) is 9.58. The SMILES string of the molecule is Cc1ccc(N(CC(=O)Nc2ccnn2Cc2cccs2)C(C)C)cc1. The van der Waals surface area contributed by atoms with Gasteiger partial charge in [-0.3, -0.25) is 4.79 Å². The molecule has 3 aromatic rings. The number of hydrogen-bond acceptors (Lipinski definition) is 4. The number of aromatic nitrogens is 2. The molecule has 0 spiro atoms. The molecule has 0 aliphatic heterocycles. The first-order chi connectivity index (χ1) is 12.5. The normalized spacial score (nSPS) is 10.9. The maximum Gasteiger partial charge on any atom is 0.245 e. The summed E-state index contributed by atoms with van der Waals surface area (Å²) in [4.78, 5) is 15.9. The molecule has 2 aromatic heterocycles. The Morgan fingerprint density at radius 3 is 2.65 bits per heavy atom. The van der Waals surface area contributed by atoms with E-state index in [4.69, 9.17) is 0 Å². The molecule has 0 fully saturated rings. The van der Waals surface area contributed by atoms with Gasteiger partial charge in [0.1, 0.15) is 5.82 Å². The fourth-order valence-corrected chi connectivity index (χ4v) is 3.45. The number of thiophene rings is 1. The minimum Gasteiger partial charge on any atom is -0.360 e. The number of nitrogens with one attached hydrogen (secondary N) is 1. The molecule has 6 heteroatoms. The highest BCUT2D eigenvalue weighted by molar-refractivity contribution is 7.09. The predicted molar refractivity (Wildman–Crippen MR) is 108 cm³/mol. The maximum absolute atomic E-state index is 12.6. The van der Waals surface area contributed by atoms with Crippen LogP contribution in [-0.2, 0) is 11.3 Å². The number of hydrogen-bond donors (Lipinski definition) is 1. The summed E-state index contributed by atoms with van der Waals surface area (Å²) in [5, 5.41) is 9.36. The Labute approximate surface area is 158 Å². The van der Waals surface area contributed by atoms with E-state index in [0.717, 1.165) is 11.5 Å². The van der Waals surface area contributed by atoms with Gasteiger partial charge in [-0.1, -0.05) is 23.8 Å². The molecule has 3 rings (SSSR count). The lowest BCUT2D eigenvalue weighted by molar-refractivity contribution is -0.115. The van der Waals surface area contributed by atoms with Crippen molar-refractivity contribution in [2.45, 2.75) is 33.4 Å². The first kappa shape index (κ1) is 18.2. The summed E-state index contributed by atoms with van der Waals surface area (Å²) in [5.74, 6) is 0.670. The second-order valence-electron chi connectivity index (χ2n) is 6.56. The van der Waals surface area contributed by atoms with Crippen LogP contribution in [0.1, 0.15) is 24.3 Å². The Balaban J connectivity index is 1.67. The van der Waals surface area contributed by atoms with E-state index in [9.17, 15) is 4.79 Å². The smallest absolute Gasteiger partial charge is 0.245 e. The number of rotatable bonds is 7. The molecule has 0 radical (unpaired) electrons. The molecule has 1 amide bonds. The van der Waals surface area contributed by atoms with Crippen LogP contribution >= 0.6 is 11.3 Å². The van der Waals surface area contributed by atoms with Gasteiger partial charge < -0.3 is 10.2 Å². The van der Waals surface area contributed by atoms with E-state index in [2.05, 4.69) is 66.4 Å². The van der Waals surface area contributed by atoms with Crippen LogP contribution in [0.25, 0.3) is 0 Å². The third-order valence-corrected chi connectivity index (χ3v) is 5.03. The topological polar surface area (TPSA) is 50.2 Å². The van der Waals surface area contributed by atoms with Gasteiger partial charge in [-0.25, -0.2) is 4.68 Å². The van der Waals surface area contributed by atoms with Crippen molar-refractivity contribution in [1.29, 1.82) is 0 Å². The molecule has 0 unspecified atom stereocenters. The quantitative estimate of drug-likeness (QED) is 0.681. The largest absolute Gasteiger partial charge is 0.360 e. The van der Waals surface area contributed by atoms with E-state index in [1.165, 1.54) is 10.4 Å². The zero-order chi connectivity index (χ0) is 18.5. The number of nitrogens with zero attached hydrogens (tertiary/aromatic N) is 3. The van der Waals surface area contributed by atoms with Gasteiger partial charge in [0.25, 0.3) is 0 Å². The van der Waals surface area contributed by atoms with Crippen molar-refractivity contribution < 1.29 is 4.79 Å². The van der Waals surface area contributed by atoms with Crippen molar-refractivity contribution in [3.8, 4) is 0 Å². The third kappa shape index (κ3) is 4.52. The fraction of sp³-hybridized carbons (Fsp3) is 0.300. The number of benzene rings is 1. The van der Waals surface area contributed by atoms with Gasteiger partial charge in [0.05, 0.1) is 19.3 Å². The molecule has 0 aliphatic rings. The molecule has 0 bridgehead atoms. The Kier molecular flexibility index (Phi) is 5.73. The highest BCUT2D eigenvalue weighted by Gasteiger charge is 2.16. The number of carbonyl (C=O) groups excluding carboxylic acids is 1. The van der Waals surface area contributed by atoms with Crippen LogP contribution in [0, 0.1) is 6.92 Å². The zero-order valence-electron chi connectivity index (χ0n) is 15.3. The van der Waals surface area contributed by atoms with Crippen LogP contribution < -0.4 is 10.2 Å². The Hall–Kier alpha value is -2.60. The van der Waals surface area contributed by atoms with Gasteiger partial charge >= 0.3 is 0 Å². The Morgan fingerprint density at radius 1 is 1.23 bits per heavy atom. The predicted octanol–water partition coefficient (Wildman–Crippen LogP) is 4.15. The molecule has 2 heterocycles. The second-order valence-corrected chi connectivity index (χ2v) is 7.59. The number of carbonyl (C=O) groups is 1. The van der Waals surface area contributed by atoms with E-state index < -0.39 is 0 Å². The van der Waals surface area contributed by atoms with Crippen molar-refractivity contribution in [3.63, 3.8) is 0 Å². The molecule has 0 aliphatic carbocycles. The summed E-state index contributed by atoms with van der Waals surface area (Å²) in [6, 6.07) is 14.4. The van der Waals surface area contributed by atoms with Crippen LogP contribution in [-0.4, -0.2) is 28.3 Å². The average molecular weight is 369 g/mol. The van der Waals surface area contributed by atoms with Crippen molar-refractivity contribution >= 4 is 28.7 Å². The Morgan fingerprint density at radius 2 is 2.00 bits per heavy atom. The molecular formula is C20H24N4OS. The van der Waals surface area contributed by atoms with Crippen LogP contribution in [0.4, 0.5) is 11.5 Å². The van der Waals surface area contributed by atoms with E-state index in [0.29, 0.717) is 13.1 Å². The van der Waals surface area contributed by atoms with Crippen LogP contribution in [0.15, 0.2) is 54.0 Å². The van der Waals surface area contributed by atoms with Gasteiger partial charge in [-0.15, -0.1) is 11.3 Å². The summed E-state index contributed by atoms with van der Waals surface area (Å²) in [5.41, 5.74) is 2.26. The first-order valence-electron chi connectivity index (χ1n) is 8.70. The lowest BCUT2D eigenvalue weighted by Gasteiger charge is -2.28. The van der Waals surface area contributed by atoms with Crippen LogP contribution in [0.5, 0.6) is 0 Å². The monoisotopic (exact) mass is 368 g/mol. The van der Waals surface area contributed by atoms with Gasteiger partial charge in [0, 0.05) is 22.7 Å². The van der Waals surface area contributed by atoms with Gasteiger partial charge in [-0.05, 0) is 44.4 Å². The fourth-order valence-electron chi connectivity index (χ4n) is 2.76. The van der Waals surface area contributed by atoms with Crippen LogP contribution in [0.3, 0.4) is 0 Å². The van der Waals surface area contributed by atoms with E-state index >= 15 is 0 Å². The molecule has 1 N–H and O–H groups in total. The summed E-state index contributed by atoms with van der Waals surface area (Å²) < 4.78 is 1.81. The number of amides is 1. The van der Waals surface area contributed by atoms with Gasteiger partial charge in [-0.2, -0.15) is 5.10 Å². The van der Waals surface area contributed by atoms with Gasteiger partial charge in [0.15, 0.2) is 0 Å². The van der Waals surface area contributed by atoms with Crippen molar-refractivity contribution in [3.05, 3.63) is 64.5 Å². The molecule has 26 heavy (non-hydrogen) atoms. The summed E-state index contributed by atoms with van der Waals surface area (Å²) in [6.45, 7) is 7.20. The number of aryl methyl sites for hydroxylation is 1. The van der Waals surface area contributed by atoms with Crippen LogP contribution in [0.2, 0.25) is 0 Å². The molecule has 0 saturated carbocycles. The molecule has 0 saturated heterocycles. The van der Waals surface area contributed by atoms with Crippen molar-refractivity contribution in [2.75, 3.05) is 16.8 Å². The average Bonchev–Trinajstić information content (AvgIpc) is 3.26. The molecule has 5 nitrogen and oxygen atoms in total.